The van der Waals surface area contributed by atoms with Gasteiger partial charge in [-0.25, -0.2) is 0 Å². The van der Waals surface area contributed by atoms with Gasteiger partial charge in [0, 0.05) is 32.2 Å². The lowest BCUT2D eigenvalue weighted by Gasteiger charge is -2.32. The second-order valence-electron chi connectivity index (χ2n) is 4.39. The number of hydrogen-bond acceptors (Lipinski definition) is 3. The summed E-state index contributed by atoms with van der Waals surface area (Å²) in [7, 11) is 2.21. The van der Waals surface area contributed by atoms with Crippen molar-refractivity contribution in [3.8, 4) is 0 Å². The molecule has 0 radical (unpaired) electrons. The van der Waals surface area contributed by atoms with Crippen LogP contribution in [0.1, 0.15) is 20.3 Å². The summed E-state index contributed by atoms with van der Waals surface area (Å²) in [6, 6.07) is 0.666. The summed E-state index contributed by atoms with van der Waals surface area (Å²) in [6.45, 7) is 11.7. The molecule has 1 heterocycles. The number of nitrogens with zero attached hydrogens (tertiary/aromatic N) is 2. The molecule has 1 rings (SSSR count). The smallest absolute Gasteiger partial charge is 0.0110 e. The molecule has 1 aliphatic rings. The minimum absolute atomic E-state index is 0.666. The number of nitrogens with one attached hydrogen (secondary N) is 1. The van der Waals surface area contributed by atoms with Gasteiger partial charge < -0.3 is 15.1 Å². The molecule has 1 atom stereocenters. The molecule has 3 heteroatoms. The Balaban J connectivity index is 2.06. The zero-order valence-electron chi connectivity index (χ0n) is 9.92. The van der Waals surface area contributed by atoms with Crippen LogP contribution >= 0.6 is 0 Å². The van der Waals surface area contributed by atoms with Gasteiger partial charge in [-0.2, -0.15) is 0 Å². The first kappa shape index (κ1) is 12.0. The molecule has 1 unspecified atom stereocenters. The van der Waals surface area contributed by atoms with E-state index in [-0.39, 0.29) is 0 Å². The second-order valence-corrected chi connectivity index (χ2v) is 4.39. The topological polar surface area (TPSA) is 18.5 Å². The maximum atomic E-state index is 3.46. The van der Waals surface area contributed by atoms with E-state index in [0.29, 0.717) is 6.04 Å². The van der Waals surface area contributed by atoms with Crippen molar-refractivity contribution in [3.63, 3.8) is 0 Å². The quantitative estimate of drug-likeness (QED) is 0.700. The standard InChI is InChI=1S/C11H25N3/c1-4-12-11(2)5-6-14-9-7-13(3)8-10-14/h11-12H,4-10H2,1-3H3. The van der Waals surface area contributed by atoms with Gasteiger partial charge in [0.2, 0.25) is 0 Å². The van der Waals surface area contributed by atoms with Crippen molar-refractivity contribution in [2.24, 2.45) is 0 Å². The van der Waals surface area contributed by atoms with E-state index in [1.807, 2.05) is 0 Å². The molecule has 1 aliphatic heterocycles. The summed E-state index contributed by atoms with van der Waals surface area (Å²) in [4.78, 5) is 4.98. The van der Waals surface area contributed by atoms with Crippen LogP contribution in [0, 0.1) is 0 Å². The van der Waals surface area contributed by atoms with E-state index in [4.69, 9.17) is 0 Å². The summed E-state index contributed by atoms with van der Waals surface area (Å²) in [5.74, 6) is 0. The molecule has 0 aromatic carbocycles. The Morgan fingerprint density at radius 2 is 1.86 bits per heavy atom. The average Bonchev–Trinajstić information content (AvgIpc) is 2.17. The van der Waals surface area contributed by atoms with Crippen LogP contribution in [0.25, 0.3) is 0 Å². The van der Waals surface area contributed by atoms with E-state index < -0.39 is 0 Å². The first-order valence-electron chi connectivity index (χ1n) is 5.86. The summed E-state index contributed by atoms with van der Waals surface area (Å²) in [5, 5.41) is 3.46. The zero-order valence-corrected chi connectivity index (χ0v) is 9.92. The highest BCUT2D eigenvalue weighted by Gasteiger charge is 2.13. The second kappa shape index (κ2) is 6.38. The van der Waals surface area contributed by atoms with E-state index in [1.165, 1.54) is 39.1 Å². The van der Waals surface area contributed by atoms with Crippen LogP contribution in [0.15, 0.2) is 0 Å². The van der Waals surface area contributed by atoms with Crippen molar-refractivity contribution in [2.75, 3.05) is 46.3 Å². The first-order chi connectivity index (χ1) is 6.72. The highest BCUT2D eigenvalue weighted by molar-refractivity contribution is 4.71. The fraction of sp³-hybridized carbons (Fsp3) is 1.00. The molecule has 0 aromatic heterocycles. The van der Waals surface area contributed by atoms with Gasteiger partial charge in [0.1, 0.15) is 0 Å². The summed E-state index contributed by atoms with van der Waals surface area (Å²) >= 11 is 0. The van der Waals surface area contributed by atoms with Gasteiger partial charge in [-0.15, -0.1) is 0 Å². The first-order valence-corrected chi connectivity index (χ1v) is 5.86. The Labute approximate surface area is 88.5 Å². The Morgan fingerprint density at radius 3 is 2.43 bits per heavy atom. The molecule has 0 saturated carbocycles. The SMILES string of the molecule is CCNC(C)CCN1CCN(C)CC1. The van der Waals surface area contributed by atoms with E-state index in [0.717, 1.165) is 6.54 Å². The Bertz CT molecular complexity index is 141. The number of rotatable bonds is 5. The van der Waals surface area contributed by atoms with Gasteiger partial charge in [-0.05, 0) is 33.5 Å². The highest BCUT2D eigenvalue weighted by atomic mass is 15.2. The molecule has 1 N–H and O–H groups in total. The molecule has 14 heavy (non-hydrogen) atoms. The number of hydrogen-bond donors (Lipinski definition) is 1. The van der Waals surface area contributed by atoms with Gasteiger partial charge in [0.25, 0.3) is 0 Å². The molecule has 1 fully saturated rings. The molecular formula is C11H25N3. The summed E-state index contributed by atoms with van der Waals surface area (Å²) < 4.78 is 0. The maximum absolute atomic E-state index is 3.46. The third-order valence-corrected chi connectivity index (χ3v) is 3.03. The third kappa shape index (κ3) is 4.40. The average molecular weight is 199 g/mol. The van der Waals surface area contributed by atoms with Gasteiger partial charge in [-0.1, -0.05) is 6.92 Å². The minimum atomic E-state index is 0.666. The third-order valence-electron chi connectivity index (χ3n) is 3.03. The Hall–Kier alpha value is -0.120. The van der Waals surface area contributed by atoms with Crippen molar-refractivity contribution in [2.45, 2.75) is 26.3 Å². The zero-order chi connectivity index (χ0) is 10.4. The number of likely N-dealkylation sites (N-methyl/N-ethyl adjacent to an activating group) is 1. The van der Waals surface area contributed by atoms with Crippen molar-refractivity contribution in [1.82, 2.24) is 15.1 Å². The normalized spacial score (nSPS) is 22.5. The fourth-order valence-corrected chi connectivity index (χ4v) is 1.90. The van der Waals surface area contributed by atoms with Crippen LogP contribution in [-0.4, -0.2) is 62.2 Å². The van der Waals surface area contributed by atoms with E-state index in [2.05, 4.69) is 36.0 Å². The summed E-state index contributed by atoms with van der Waals surface area (Å²) in [6.07, 6.45) is 1.28. The summed E-state index contributed by atoms with van der Waals surface area (Å²) in [5.41, 5.74) is 0. The Morgan fingerprint density at radius 1 is 1.21 bits per heavy atom. The monoisotopic (exact) mass is 199 g/mol. The molecule has 1 saturated heterocycles. The number of piperazine rings is 1. The molecule has 0 amide bonds. The van der Waals surface area contributed by atoms with Gasteiger partial charge in [0.05, 0.1) is 0 Å². The van der Waals surface area contributed by atoms with Crippen LogP contribution < -0.4 is 5.32 Å². The highest BCUT2D eigenvalue weighted by Crippen LogP contribution is 2.01. The molecule has 0 bridgehead atoms. The van der Waals surface area contributed by atoms with E-state index >= 15 is 0 Å². The van der Waals surface area contributed by atoms with E-state index in [1.54, 1.807) is 0 Å². The fourth-order valence-electron chi connectivity index (χ4n) is 1.90. The molecule has 3 nitrogen and oxygen atoms in total. The van der Waals surface area contributed by atoms with Crippen LogP contribution in [-0.2, 0) is 0 Å². The van der Waals surface area contributed by atoms with Crippen molar-refractivity contribution in [1.29, 1.82) is 0 Å². The van der Waals surface area contributed by atoms with Gasteiger partial charge >= 0.3 is 0 Å². The van der Waals surface area contributed by atoms with Gasteiger partial charge in [-0.3, -0.25) is 0 Å². The molecule has 0 aliphatic carbocycles. The van der Waals surface area contributed by atoms with Crippen LogP contribution in [0.5, 0.6) is 0 Å². The predicted octanol–water partition coefficient (Wildman–Crippen LogP) is 0.622. The van der Waals surface area contributed by atoms with Gasteiger partial charge in [0.15, 0.2) is 0 Å². The van der Waals surface area contributed by atoms with Crippen LogP contribution in [0.3, 0.4) is 0 Å². The van der Waals surface area contributed by atoms with Crippen LogP contribution in [0.4, 0.5) is 0 Å². The molecular weight excluding hydrogens is 174 g/mol. The Kier molecular flexibility index (Phi) is 5.45. The predicted molar refractivity (Wildman–Crippen MR) is 61.7 cm³/mol. The maximum Gasteiger partial charge on any atom is 0.0110 e. The largest absolute Gasteiger partial charge is 0.314 e. The van der Waals surface area contributed by atoms with Crippen LogP contribution in [0.2, 0.25) is 0 Å². The van der Waals surface area contributed by atoms with E-state index in [9.17, 15) is 0 Å². The van der Waals surface area contributed by atoms with Crippen molar-refractivity contribution in [3.05, 3.63) is 0 Å². The minimum Gasteiger partial charge on any atom is -0.314 e. The molecule has 84 valence electrons. The lowest BCUT2D eigenvalue weighted by molar-refractivity contribution is 0.149. The lowest BCUT2D eigenvalue weighted by atomic mass is 10.2. The lowest BCUT2D eigenvalue weighted by Crippen LogP contribution is -2.45. The molecule has 0 aromatic rings. The van der Waals surface area contributed by atoms with Crippen molar-refractivity contribution >= 4 is 0 Å². The molecule has 0 spiro atoms. The van der Waals surface area contributed by atoms with Crippen molar-refractivity contribution < 1.29 is 0 Å².